The van der Waals surface area contributed by atoms with Gasteiger partial charge >= 0.3 is 0 Å². The summed E-state index contributed by atoms with van der Waals surface area (Å²) in [7, 11) is 0. The normalized spacial score (nSPS) is 38.7. The van der Waals surface area contributed by atoms with Crippen LogP contribution in [0.1, 0.15) is 51.4 Å². The first kappa shape index (κ1) is 13.8. The zero-order chi connectivity index (χ0) is 13.2. The lowest BCUT2D eigenvalue weighted by Gasteiger charge is -2.44. The molecule has 4 heteroatoms. The van der Waals surface area contributed by atoms with Crippen LogP contribution >= 0.6 is 0 Å². The summed E-state index contributed by atoms with van der Waals surface area (Å²) in [6, 6.07) is 0. The Kier molecular flexibility index (Phi) is 4.13. The van der Waals surface area contributed by atoms with Crippen LogP contribution < -0.4 is 5.73 Å². The van der Waals surface area contributed by atoms with Crippen LogP contribution in [0.25, 0.3) is 0 Å². The van der Waals surface area contributed by atoms with E-state index in [1.54, 1.807) is 0 Å². The van der Waals surface area contributed by atoms with Crippen LogP contribution in [0, 0.1) is 0 Å². The Hall–Kier alpha value is -0.160. The first-order valence-electron chi connectivity index (χ1n) is 7.86. The summed E-state index contributed by atoms with van der Waals surface area (Å²) in [5.41, 5.74) is 5.90. The Morgan fingerprint density at radius 2 is 1.95 bits per heavy atom. The van der Waals surface area contributed by atoms with Gasteiger partial charge in [-0.15, -0.1) is 0 Å². The van der Waals surface area contributed by atoms with Crippen molar-refractivity contribution in [2.45, 2.75) is 68.7 Å². The quantitative estimate of drug-likeness (QED) is 0.851. The van der Waals surface area contributed by atoms with Gasteiger partial charge in [-0.3, -0.25) is 0 Å². The van der Waals surface area contributed by atoms with E-state index in [-0.39, 0.29) is 11.2 Å². The minimum atomic E-state index is -0.0621. The van der Waals surface area contributed by atoms with Crippen molar-refractivity contribution < 1.29 is 14.2 Å². The highest BCUT2D eigenvalue weighted by Gasteiger charge is 2.44. The summed E-state index contributed by atoms with van der Waals surface area (Å²) in [6.45, 7) is 3.03. The van der Waals surface area contributed by atoms with E-state index in [9.17, 15) is 0 Å². The summed E-state index contributed by atoms with van der Waals surface area (Å²) in [4.78, 5) is 0. The van der Waals surface area contributed by atoms with Gasteiger partial charge in [0.15, 0.2) is 0 Å². The van der Waals surface area contributed by atoms with E-state index in [0.717, 1.165) is 51.9 Å². The van der Waals surface area contributed by atoms with E-state index in [1.807, 2.05) is 0 Å². The highest BCUT2D eigenvalue weighted by atomic mass is 16.6. The van der Waals surface area contributed by atoms with E-state index < -0.39 is 0 Å². The molecule has 2 aliphatic heterocycles. The number of nitrogens with two attached hydrogens (primary N) is 1. The summed E-state index contributed by atoms with van der Waals surface area (Å²) >= 11 is 0. The number of rotatable bonds is 3. The van der Waals surface area contributed by atoms with Gasteiger partial charge in [-0.05, 0) is 19.3 Å². The molecule has 3 aliphatic rings. The molecule has 2 unspecified atom stereocenters. The van der Waals surface area contributed by atoms with E-state index in [0.29, 0.717) is 12.6 Å². The molecule has 2 N–H and O–H groups in total. The number of hydrogen-bond donors (Lipinski definition) is 1. The van der Waals surface area contributed by atoms with Crippen LogP contribution in [-0.4, -0.2) is 43.7 Å². The lowest BCUT2D eigenvalue weighted by atomic mass is 9.83. The predicted molar refractivity (Wildman–Crippen MR) is 73.1 cm³/mol. The molecule has 0 aromatic heterocycles. The minimum Gasteiger partial charge on any atom is -0.378 e. The molecule has 0 aromatic rings. The molecular weight excluding hydrogens is 242 g/mol. The minimum absolute atomic E-state index is 0.0547. The summed E-state index contributed by atoms with van der Waals surface area (Å²) in [5.74, 6) is 0. The van der Waals surface area contributed by atoms with Gasteiger partial charge in [0.05, 0.1) is 23.9 Å². The second-order valence-corrected chi connectivity index (χ2v) is 6.51. The highest BCUT2D eigenvalue weighted by Crippen LogP contribution is 2.38. The van der Waals surface area contributed by atoms with E-state index in [4.69, 9.17) is 19.9 Å². The molecule has 3 rings (SSSR count). The largest absolute Gasteiger partial charge is 0.378 e. The summed E-state index contributed by atoms with van der Waals surface area (Å²) in [6.07, 6.45) is 9.41. The molecule has 110 valence electrons. The van der Waals surface area contributed by atoms with Crippen LogP contribution in [0.3, 0.4) is 0 Å². The standard InChI is InChI=1S/C15H27NO3/c16-11-14(5-2-1-3-6-14)19-13-4-8-18-15(10-13)7-9-17-12-15/h13H,1-12,16H2. The molecule has 2 heterocycles. The smallest absolute Gasteiger partial charge is 0.0961 e. The lowest BCUT2D eigenvalue weighted by molar-refractivity contribution is -0.179. The maximum Gasteiger partial charge on any atom is 0.0961 e. The monoisotopic (exact) mass is 269 g/mol. The molecular formula is C15H27NO3. The van der Waals surface area contributed by atoms with Gasteiger partial charge in [0, 0.05) is 32.6 Å². The van der Waals surface area contributed by atoms with E-state index in [2.05, 4.69) is 0 Å². The summed E-state index contributed by atoms with van der Waals surface area (Å²) in [5, 5.41) is 0. The second-order valence-electron chi connectivity index (χ2n) is 6.51. The molecule has 1 saturated carbocycles. The molecule has 0 radical (unpaired) electrons. The molecule has 1 aliphatic carbocycles. The molecule has 0 amide bonds. The first-order chi connectivity index (χ1) is 9.26. The van der Waals surface area contributed by atoms with Gasteiger partial charge in [-0.25, -0.2) is 0 Å². The predicted octanol–water partition coefficient (Wildman–Crippen LogP) is 2.00. The zero-order valence-corrected chi connectivity index (χ0v) is 11.9. The van der Waals surface area contributed by atoms with Gasteiger partial charge < -0.3 is 19.9 Å². The van der Waals surface area contributed by atoms with Crippen molar-refractivity contribution in [2.24, 2.45) is 5.73 Å². The fourth-order valence-corrected chi connectivity index (χ4v) is 3.87. The summed E-state index contributed by atoms with van der Waals surface area (Å²) < 4.78 is 18.0. The Bertz CT molecular complexity index is 296. The third-order valence-corrected chi connectivity index (χ3v) is 5.07. The van der Waals surface area contributed by atoms with Gasteiger partial charge in [0.25, 0.3) is 0 Å². The topological polar surface area (TPSA) is 53.7 Å². The van der Waals surface area contributed by atoms with Crippen molar-refractivity contribution in [2.75, 3.05) is 26.4 Å². The highest BCUT2D eigenvalue weighted by molar-refractivity contribution is 4.93. The molecule has 3 fully saturated rings. The van der Waals surface area contributed by atoms with Gasteiger partial charge in [-0.1, -0.05) is 19.3 Å². The van der Waals surface area contributed by atoms with Gasteiger partial charge in [0.1, 0.15) is 0 Å². The van der Waals surface area contributed by atoms with Crippen molar-refractivity contribution in [3.05, 3.63) is 0 Å². The molecule has 0 bridgehead atoms. The average Bonchev–Trinajstić information content (AvgIpc) is 2.88. The maximum atomic E-state index is 6.50. The maximum absolute atomic E-state index is 6.50. The fraction of sp³-hybridized carbons (Fsp3) is 1.00. The van der Waals surface area contributed by atoms with Crippen LogP contribution in [0.5, 0.6) is 0 Å². The van der Waals surface area contributed by atoms with Crippen LogP contribution in [-0.2, 0) is 14.2 Å². The van der Waals surface area contributed by atoms with Crippen molar-refractivity contribution in [1.29, 1.82) is 0 Å². The van der Waals surface area contributed by atoms with E-state index in [1.165, 1.54) is 19.3 Å². The van der Waals surface area contributed by atoms with Crippen LogP contribution in [0.15, 0.2) is 0 Å². The average molecular weight is 269 g/mol. The Labute approximate surface area is 116 Å². The van der Waals surface area contributed by atoms with Crippen molar-refractivity contribution >= 4 is 0 Å². The van der Waals surface area contributed by atoms with Crippen LogP contribution in [0.4, 0.5) is 0 Å². The number of ether oxygens (including phenoxy) is 3. The van der Waals surface area contributed by atoms with E-state index >= 15 is 0 Å². The molecule has 0 aromatic carbocycles. The number of hydrogen-bond acceptors (Lipinski definition) is 4. The van der Waals surface area contributed by atoms with Gasteiger partial charge in [-0.2, -0.15) is 0 Å². The fourth-order valence-electron chi connectivity index (χ4n) is 3.87. The zero-order valence-electron chi connectivity index (χ0n) is 11.9. The third kappa shape index (κ3) is 2.97. The SMILES string of the molecule is NCC1(OC2CCOC3(CCOC3)C2)CCCCC1. The van der Waals surface area contributed by atoms with Crippen LogP contribution in [0.2, 0.25) is 0 Å². The second kappa shape index (κ2) is 5.68. The Morgan fingerprint density at radius 3 is 2.63 bits per heavy atom. The molecule has 19 heavy (non-hydrogen) atoms. The van der Waals surface area contributed by atoms with Crippen molar-refractivity contribution in [3.8, 4) is 0 Å². The van der Waals surface area contributed by atoms with Gasteiger partial charge in [0.2, 0.25) is 0 Å². The first-order valence-corrected chi connectivity index (χ1v) is 7.86. The Balaban J connectivity index is 1.61. The Morgan fingerprint density at radius 1 is 1.11 bits per heavy atom. The molecule has 2 atom stereocenters. The van der Waals surface area contributed by atoms with Crippen molar-refractivity contribution in [1.82, 2.24) is 0 Å². The third-order valence-electron chi connectivity index (χ3n) is 5.07. The van der Waals surface area contributed by atoms with Crippen molar-refractivity contribution in [3.63, 3.8) is 0 Å². The molecule has 2 saturated heterocycles. The molecule has 4 nitrogen and oxygen atoms in total. The molecule has 1 spiro atoms. The lowest BCUT2D eigenvalue weighted by Crippen LogP contribution is -2.50.